The predicted molar refractivity (Wildman–Crippen MR) is 90.8 cm³/mol. The van der Waals surface area contributed by atoms with E-state index < -0.39 is 23.8 Å². The fourth-order valence-corrected chi connectivity index (χ4v) is 2.19. The van der Waals surface area contributed by atoms with E-state index in [1.54, 1.807) is 12.1 Å². The van der Waals surface area contributed by atoms with Crippen LogP contribution in [0.2, 0.25) is 0 Å². The molecule has 144 valence electrons. The smallest absolute Gasteiger partial charge is 0.329 e. The Labute approximate surface area is 156 Å². The Balaban J connectivity index is 1.71. The largest absolute Gasteiger partial charge is 0.471 e. The maximum absolute atomic E-state index is 13.7. The first-order chi connectivity index (χ1) is 13.3. The van der Waals surface area contributed by atoms with Crippen LogP contribution in [0.3, 0.4) is 0 Å². The van der Waals surface area contributed by atoms with Gasteiger partial charge >= 0.3 is 12.1 Å². The van der Waals surface area contributed by atoms with Crippen LogP contribution in [-0.2, 0) is 6.18 Å². The molecular formula is C18H12F4N4O2. The van der Waals surface area contributed by atoms with E-state index in [1.165, 1.54) is 49.7 Å². The number of alkyl halides is 3. The van der Waals surface area contributed by atoms with Crippen LogP contribution >= 0.6 is 0 Å². The Morgan fingerprint density at radius 2 is 1.82 bits per heavy atom. The number of hydrazone groups is 1. The van der Waals surface area contributed by atoms with Crippen molar-refractivity contribution in [3.63, 3.8) is 0 Å². The minimum Gasteiger partial charge on any atom is -0.329 e. The van der Waals surface area contributed by atoms with Crippen molar-refractivity contribution in [3.05, 3.63) is 71.4 Å². The van der Waals surface area contributed by atoms with E-state index >= 15 is 0 Å². The van der Waals surface area contributed by atoms with E-state index in [0.29, 0.717) is 11.1 Å². The van der Waals surface area contributed by atoms with Crippen LogP contribution in [0.15, 0.2) is 58.2 Å². The highest BCUT2D eigenvalue weighted by Crippen LogP contribution is 2.29. The first kappa shape index (κ1) is 19.2. The lowest BCUT2D eigenvalue weighted by atomic mass is 10.1. The van der Waals surface area contributed by atoms with Gasteiger partial charge in [-0.15, -0.1) is 0 Å². The van der Waals surface area contributed by atoms with E-state index in [2.05, 4.69) is 19.8 Å². The molecule has 0 radical (unpaired) electrons. The molecule has 0 fully saturated rings. The minimum atomic E-state index is -4.72. The molecule has 0 saturated carbocycles. The molecule has 3 rings (SSSR count). The van der Waals surface area contributed by atoms with Gasteiger partial charge in [-0.05, 0) is 17.7 Å². The molecule has 1 heterocycles. The molecule has 28 heavy (non-hydrogen) atoms. The first-order valence-corrected chi connectivity index (χ1v) is 7.83. The Bertz CT molecular complexity index is 1010. The summed E-state index contributed by atoms with van der Waals surface area (Å²) in [5.41, 5.74) is 0.749. The van der Waals surface area contributed by atoms with Crippen molar-refractivity contribution >= 4 is 12.1 Å². The molecule has 10 heteroatoms. The molecule has 1 amide bonds. The summed E-state index contributed by atoms with van der Waals surface area (Å²) in [5, 5.41) is 8.21. The number of carbonyl (C=O) groups excluding carboxylic acids is 1. The van der Waals surface area contributed by atoms with Gasteiger partial charge in [-0.25, -0.2) is 9.40 Å². The highest BCUT2D eigenvalue weighted by molar-refractivity contribution is 5.95. The lowest BCUT2D eigenvalue weighted by Gasteiger charge is -2.11. The van der Waals surface area contributed by atoms with Crippen LogP contribution in [0, 0.1) is 5.82 Å². The van der Waals surface area contributed by atoms with Crippen molar-refractivity contribution in [2.24, 2.45) is 5.10 Å². The first-order valence-electron chi connectivity index (χ1n) is 7.83. The zero-order valence-electron chi connectivity index (χ0n) is 14.3. The van der Waals surface area contributed by atoms with E-state index in [1.807, 2.05) is 0 Å². The number of carbonyl (C=O) groups is 1. The van der Waals surface area contributed by atoms with Gasteiger partial charge in [0.1, 0.15) is 5.82 Å². The van der Waals surface area contributed by atoms with Crippen molar-refractivity contribution in [3.8, 4) is 11.4 Å². The number of hydrogen-bond donors (Lipinski definition) is 0. The molecule has 0 aliphatic carbocycles. The van der Waals surface area contributed by atoms with Crippen molar-refractivity contribution in [2.45, 2.75) is 6.18 Å². The monoisotopic (exact) mass is 392 g/mol. The van der Waals surface area contributed by atoms with Crippen LogP contribution in [0.1, 0.15) is 21.8 Å². The molecule has 0 unspecified atom stereocenters. The summed E-state index contributed by atoms with van der Waals surface area (Å²) in [7, 11) is 1.37. The lowest BCUT2D eigenvalue weighted by Crippen LogP contribution is -2.22. The van der Waals surface area contributed by atoms with E-state index in [4.69, 9.17) is 0 Å². The topological polar surface area (TPSA) is 71.6 Å². The molecule has 2 aromatic carbocycles. The number of aromatic nitrogens is 2. The quantitative estimate of drug-likeness (QED) is 0.382. The molecule has 0 bridgehead atoms. The number of rotatable bonds is 4. The van der Waals surface area contributed by atoms with Gasteiger partial charge in [0, 0.05) is 12.6 Å². The normalized spacial score (nSPS) is 11.8. The number of hydrogen-bond acceptors (Lipinski definition) is 5. The fourth-order valence-electron chi connectivity index (χ4n) is 2.19. The number of nitrogens with zero attached hydrogens (tertiary/aromatic N) is 4. The average molecular weight is 392 g/mol. The fraction of sp³-hybridized carbons (Fsp3) is 0.111. The van der Waals surface area contributed by atoms with Crippen LogP contribution < -0.4 is 0 Å². The molecule has 0 N–H and O–H groups in total. The van der Waals surface area contributed by atoms with Crippen molar-refractivity contribution in [2.75, 3.05) is 7.05 Å². The highest BCUT2D eigenvalue weighted by Gasteiger charge is 2.38. The van der Waals surface area contributed by atoms with E-state index in [9.17, 15) is 22.4 Å². The molecule has 6 nitrogen and oxygen atoms in total. The van der Waals surface area contributed by atoms with Gasteiger partial charge in [-0.3, -0.25) is 4.79 Å². The van der Waals surface area contributed by atoms with Gasteiger partial charge < -0.3 is 4.52 Å². The summed E-state index contributed by atoms with van der Waals surface area (Å²) in [4.78, 5) is 15.5. The highest BCUT2D eigenvalue weighted by atomic mass is 19.4. The Hall–Kier alpha value is -3.56. The second-order valence-corrected chi connectivity index (χ2v) is 5.60. The second-order valence-electron chi connectivity index (χ2n) is 5.60. The number of benzene rings is 2. The minimum absolute atomic E-state index is 0.116. The molecule has 3 aromatic rings. The van der Waals surface area contributed by atoms with Gasteiger partial charge in [0.2, 0.25) is 5.82 Å². The number of halogens is 4. The molecular weight excluding hydrogens is 380 g/mol. The number of amides is 1. The van der Waals surface area contributed by atoms with Gasteiger partial charge in [0.15, 0.2) is 0 Å². The van der Waals surface area contributed by atoms with Gasteiger partial charge in [-0.2, -0.15) is 23.3 Å². The Kier molecular flexibility index (Phi) is 5.21. The SMILES string of the molecule is CN(/N=C/c1ccc(-c2noc(C(F)(F)F)n2)cc1)C(=O)c1ccccc1F. The third kappa shape index (κ3) is 4.22. The molecule has 0 aliphatic rings. The maximum Gasteiger partial charge on any atom is 0.471 e. The maximum atomic E-state index is 13.7. The van der Waals surface area contributed by atoms with E-state index in [0.717, 1.165) is 5.01 Å². The summed E-state index contributed by atoms with van der Waals surface area (Å²) in [5.74, 6) is -2.92. The zero-order chi connectivity index (χ0) is 20.3. The molecule has 0 spiro atoms. The summed E-state index contributed by atoms with van der Waals surface area (Å²) in [6, 6.07) is 11.6. The Morgan fingerprint density at radius 1 is 1.14 bits per heavy atom. The van der Waals surface area contributed by atoms with Gasteiger partial charge in [0.05, 0.1) is 11.8 Å². The second kappa shape index (κ2) is 7.59. The summed E-state index contributed by atoms with van der Waals surface area (Å²) >= 11 is 0. The van der Waals surface area contributed by atoms with Gasteiger partial charge in [0.25, 0.3) is 5.91 Å². The van der Waals surface area contributed by atoms with Crippen molar-refractivity contribution in [1.29, 1.82) is 0 Å². The molecule has 0 aliphatic heterocycles. The summed E-state index contributed by atoms with van der Waals surface area (Å²) < 4.78 is 55.3. The average Bonchev–Trinajstić information content (AvgIpc) is 3.17. The molecule has 0 saturated heterocycles. The Morgan fingerprint density at radius 3 is 2.43 bits per heavy atom. The third-order valence-electron chi connectivity index (χ3n) is 3.62. The zero-order valence-corrected chi connectivity index (χ0v) is 14.3. The lowest BCUT2D eigenvalue weighted by molar-refractivity contribution is -0.159. The van der Waals surface area contributed by atoms with Crippen LogP contribution in [0.4, 0.5) is 17.6 Å². The predicted octanol–water partition coefficient (Wildman–Crippen LogP) is 4.00. The van der Waals surface area contributed by atoms with Crippen LogP contribution in [0.25, 0.3) is 11.4 Å². The molecule has 0 atom stereocenters. The third-order valence-corrected chi connectivity index (χ3v) is 3.62. The molecule has 1 aromatic heterocycles. The van der Waals surface area contributed by atoms with Gasteiger partial charge in [-0.1, -0.05) is 41.6 Å². The van der Waals surface area contributed by atoms with Crippen LogP contribution in [-0.4, -0.2) is 34.3 Å². The van der Waals surface area contributed by atoms with E-state index in [-0.39, 0.29) is 11.4 Å². The van der Waals surface area contributed by atoms with Crippen LogP contribution in [0.5, 0.6) is 0 Å². The van der Waals surface area contributed by atoms with Crippen molar-refractivity contribution < 1.29 is 26.9 Å². The standard InChI is InChI=1S/C18H12F4N4O2/c1-26(16(27)13-4-2-3-5-14(13)19)23-10-11-6-8-12(9-7-11)15-24-17(28-25-15)18(20,21)22/h2-10H,1H3/b23-10+. The van der Waals surface area contributed by atoms with Crippen molar-refractivity contribution in [1.82, 2.24) is 15.1 Å². The summed E-state index contributed by atoms with van der Waals surface area (Å²) in [6.07, 6.45) is -3.37. The summed E-state index contributed by atoms with van der Waals surface area (Å²) in [6.45, 7) is 0.